The molecular weight excluding hydrogens is 327 g/mol. The second-order valence-electron chi connectivity index (χ2n) is 6.05. The van der Waals surface area contributed by atoms with Crippen LogP contribution >= 0.6 is 0 Å². The smallest absolute Gasteiger partial charge is 0.153 e. The highest BCUT2D eigenvalue weighted by atomic mass is 19.1. The molecule has 0 N–H and O–H groups in total. The summed E-state index contributed by atoms with van der Waals surface area (Å²) in [6, 6.07) is 18.5. The van der Waals surface area contributed by atoms with Crippen LogP contribution in [0.15, 0.2) is 66.9 Å². The Morgan fingerprint density at radius 2 is 1.65 bits per heavy atom. The van der Waals surface area contributed by atoms with E-state index in [-0.39, 0.29) is 5.82 Å². The number of rotatable bonds is 3. The number of nitrogens with zero attached hydrogens (tertiary/aromatic N) is 2. The van der Waals surface area contributed by atoms with Crippen molar-refractivity contribution in [2.24, 2.45) is 0 Å². The van der Waals surface area contributed by atoms with Gasteiger partial charge in [0, 0.05) is 34.0 Å². The van der Waals surface area contributed by atoms with Gasteiger partial charge in [-0.3, -0.25) is 4.98 Å². The minimum absolute atomic E-state index is 0.323. The molecule has 0 saturated heterocycles. The molecule has 0 aliphatic carbocycles. The lowest BCUT2D eigenvalue weighted by Crippen LogP contribution is -1.96. The van der Waals surface area contributed by atoms with Crippen LogP contribution in [0.2, 0.25) is 0 Å². The Balaban J connectivity index is 1.96. The van der Waals surface area contributed by atoms with Gasteiger partial charge in [-0.05, 0) is 37.3 Å². The van der Waals surface area contributed by atoms with Crippen LogP contribution in [0.1, 0.15) is 5.69 Å². The third kappa shape index (κ3) is 2.69. The summed E-state index contributed by atoms with van der Waals surface area (Å²) in [5.41, 5.74) is 3.81. The van der Waals surface area contributed by atoms with Crippen molar-refractivity contribution >= 4 is 10.9 Å². The van der Waals surface area contributed by atoms with E-state index >= 15 is 4.39 Å². The maximum atomic E-state index is 15.3. The zero-order chi connectivity index (χ0) is 18.1. The van der Waals surface area contributed by atoms with Crippen LogP contribution in [0.5, 0.6) is 5.75 Å². The Kier molecular flexibility index (Phi) is 4.09. The van der Waals surface area contributed by atoms with E-state index in [2.05, 4.69) is 9.97 Å². The van der Waals surface area contributed by atoms with E-state index in [4.69, 9.17) is 4.74 Å². The summed E-state index contributed by atoms with van der Waals surface area (Å²) in [5.74, 6) is 0.250. The number of pyridine rings is 2. The number of ether oxygens (including phenoxy) is 1. The Morgan fingerprint density at radius 1 is 0.846 bits per heavy atom. The normalized spacial score (nSPS) is 10.9. The first-order valence-corrected chi connectivity index (χ1v) is 8.33. The molecule has 0 spiro atoms. The van der Waals surface area contributed by atoms with Gasteiger partial charge in [0.1, 0.15) is 11.3 Å². The number of aromatic nitrogens is 2. The topological polar surface area (TPSA) is 35.0 Å². The monoisotopic (exact) mass is 344 g/mol. The molecule has 0 amide bonds. The molecule has 0 bridgehead atoms. The summed E-state index contributed by atoms with van der Waals surface area (Å²) >= 11 is 0. The standard InChI is InChI=1S/C22H17FN2O/c1-14-9-10-15-11-12-17(22(26-2)21(15)25-14)16-6-5-7-18(20(16)23)19-8-3-4-13-24-19/h3-13H,1-2H3. The van der Waals surface area contributed by atoms with Crippen LogP contribution in [0.25, 0.3) is 33.3 Å². The molecule has 4 heteroatoms. The van der Waals surface area contributed by atoms with E-state index in [9.17, 15) is 0 Å². The largest absolute Gasteiger partial charge is 0.494 e. The average molecular weight is 344 g/mol. The molecule has 0 saturated carbocycles. The Morgan fingerprint density at radius 3 is 2.42 bits per heavy atom. The van der Waals surface area contributed by atoms with E-state index < -0.39 is 0 Å². The van der Waals surface area contributed by atoms with Gasteiger partial charge >= 0.3 is 0 Å². The van der Waals surface area contributed by atoms with Gasteiger partial charge in [0.2, 0.25) is 0 Å². The molecule has 4 rings (SSSR count). The number of hydrogen-bond acceptors (Lipinski definition) is 3. The average Bonchev–Trinajstić information content (AvgIpc) is 2.68. The number of hydrogen-bond donors (Lipinski definition) is 0. The van der Waals surface area contributed by atoms with Crippen molar-refractivity contribution in [1.29, 1.82) is 0 Å². The fourth-order valence-corrected chi connectivity index (χ4v) is 3.14. The number of fused-ring (bicyclic) bond motifs is 1. The van der Waals surface area contributed by atoms with E-state index in [0.29, 0.717) is 28.1 Å². The third-order valence-electron chi connectivity index (χ3n) is 4.39. The summed E-state index contributed by atoms with van der Waals surface area (Å²) in [6.45, 7) is 1.92. The molecule has 3 nitrogen and oxygen atoms in total. The zero-order valence-electron chi connectivity index (χ0n) is 14.5. The summed E-state index contributed by atoms with van der Waals surface area (Å²) in [6.07, 6.45) is 1.66. The predicted molar refractivity (Wildman–Crippen MR) is 102 cm³/mol. The minimum atomic E-state index is -0.323. The van der Waals surface area contributed by atoms with Gasteiger partial charge in [0.25, 0.3) is 0 Å². The Hall–Kier alpha value is -3.27. The van der Waals surface area contributed by atoms with Gasteiger partial charge in [-0.25, -0.2) is 9.37 Å². The SMILES string of the molecule is COc1c(-c2cccc(-c3ccccn3)c2F)ccc2ccc(C)nc12. The van der Waals surface area contributed by atoms with Crippen molar-refractivity contribution in [2.75, 3.05) is 7.11 Å². The number of benzene rings is 2. The lowest BCUT2D eigenvalue weighted by Gasteiger charge is -2.14. The Labute approximate surface area is 151 Å². The van der Waals surface area contributed by atoms with E-state index in [1.807, 2.05) is 49.4 Å². The van der Waals surface area contributed by atoms with E-state index in [1.54, 1.807) is 31.5 Å². The molecule has 0 fully saturated rings. The van der Waals surface area contributed by atoms with Gasteiger partial charge in [0.05, 0.1) is 12.8 Å². The van der Waals surface area contributed by atoms with Crippen molar-refractivity contribution in [1.82, 2.24) is 9.97 Å². The van der Waals surface area contributed by atoms with Crippen LogP contribution in [-0.2, 0) is 0 Å². The first-order chi connectivity index (χ1) is 12.7. The van der Waals surface area contributed by atoms with Crippen LogP contribution in [0.3, 0.4) is 0 Å². The Bertz CT molecular complexity index is 1090. The molecule has 2 heterocycles. The lowest BCUT2D eigenvalue weighted by atomic mass is 9.98. The fraction of sp³-hybridized carbons (Fsp3) is 0.0909. The summed E-state index contributed by atoms with van der Waals surface area (Å²) in [7, 11) is 1.59. The highest BCUT2D eigenvalue weighted by Crippen LogP contribution is 2.39. The van der Waals surface area contributed by atoms with E-state index in [1.165, 1.54) is 0 Å². The van der Waals surface area contributed by atoms with Crippen molar-refractivity contribution < 1.29 is 9.13 Å². The molecule has 0 unspecified atom stereocenters. The summed E-state index contributed by atoms with van der Waals surface area (Å²) in [5, 5.41) is 0.956. The summed E-state index contributed by atoms with van der Waals surface area (Å²) in [4.78, 5) is 8.85. The summed E-state index contributed by atoms with van der Waals surface area (Å²) < 4.78 is 20.9. The maximum absolute atomic E-state index is 15.3. The molecule has 0 radical (unpaired) electrons. The predicted octanol–water partition coefficient (Wildman–Crippen LogP) is 5.42. The lowest BCUT2D eigenvalue weighted by molar-refractivity contribution is 0.420. The molecule has 0 aliphatic rings. The van der Waals surface area contributed by atoms with E-state index in [0.717, 1.165) is 16.6 Å². The number of aryl methyl sites for hydroxylation is 1. The molecule has 2 aromatic carbocycles. The number of methoxy groups -OCH3 is 1. The first-order valence-electron chi connectivity index (χ1n) is 8.33. The van der Waals surface area contributed by atoms with Gasteiger partial charge in [-0.15, -0.1) is 0 Å². The minimum Gasteiger partial charge on any atom is -0.494 e. The van der Waals surface area contributed by atoms with Crippen molar-refractivity contribution in [3.8, 4) is 28.1 Å². The molecule has 2 aromatic heterocycles. The number of halogens is 1. The third-order valence-corrected chi connectivity index (χ3v) is 4.39. The highest BCUT2D eigenvalue weighted by molar-refractivity contribution is 5.93. The van der Waals surface area contributed by atoms with Gasteiger partial charge in [-0.2, -0.15) is 0 Å². The molecule has 128 valence electrons. The van der Waals surface area contributed by atoms with Gasteiger partial charge in [-0.1, -0.05) is 30.3 Å². The molecule has 0 aliphatic heterocycles. The van der Waals surface area contributed by atoms with Crippen LogP contribution < -0.4 is 4.74 Å². The second kappa shape index (κ2) is 6.56. The van der Waals surface area contributed by atoms with Gasteiger partial charge in [0.15, 0.2) is 5.75 Å². The van der Waals surface area contributed by atoms with Crippen LogP contribution in [-0.4, -0.2) is 17.1 Å². The molecular formula is C22H17FN2O. The van der Waals surface area contributed by atoms with Crippen molar-refractivity contribution in [3.05, 3.63) is 78.4 Å². The molecule has 26 heavy (non-hydrogen) atoms. The highest BCUT2D eigenvalue weighted by Gasteiger charge is 2.17. The van der Waals surface area contributed by atoms with Crippen LogP contribution in [0, 0.1) is 12.7 Å². The fourth-order valence-electron chi connectivity index (χ4n) is 3.14. The van der Waals surface area contributed by atoms with Crippen LogP contribution in [0.4, 0.5) is 4.39 Å². The van der Waals surface area contributed by atoms with Crippen molar-refractivity contribution in [2.45, 2.75) is 6.92 Å². The second-order valence-corrected chi connectivity index (χ2v) is 6.05. The molecule has 4 aromatic rings. The maximum Gasteiger partial charge on any atom is 0.153 e. The van der Waals surface area contributed by atoms with Gasteiger partial charge < -0.3 is 4.74 Å². The zero-order valence-corrected chi connectivity index (χ0v) is 14.5. The first kappa shape index (κ1) is 16.2. The molecule has 0 atom stereocenters. The van der Waals surface area contributed by atoms with Crippen molar-refractivity contribution in [3.63, 3.8) is 0 Å². The quantitative estimate of drug-likeness (QED) is 0.498.